The van der Waals surface area contributed by atoms with Crippen LogP contribution < -0.4 is 18.9 Å². The van der Waals surface area contributed by atoms with E-state index in [0.29, 0.717) is 26.4 Å². The summed E-state index contributed by atoms with van der Waals surface area (Å²) in [6.45, 7) is 6.54. The smallest absolute Gasteiger partial charge is 0.181 e. The van der Waals surface area contributed by atoms with Gasteiger partial charge in [0.05, 0.1) is 26.6 Å². The van der Waals surface area contributed by atoms with Gasteiger partial charge in [-0.1, -0.05) is 0 Å². The number of hydrogen-bond donors (Lipinski definition) is 0. The number of nitrogens with zero attached hydrogens (tertiary/aromatic N) is 2. The zero-order valence-electron chi connectivity index (χ0n) is 13.8. The summed E-state index contributed by atoms with van der Waals surface area (Å²) in [7, 11) is 0. The van der Waals surface area contributed by atoms with E-state index in [2.05, 4.69) is 24.1 Å². The largest absolute Gasteiger partial charge is 0.485 e. The standard InChI is InChI=1S/C17H16N2O4S2/c1-17(2)15(13-11-9(7-24-13)20-3-5-22-11)18-19-16(17)14-12-10(8-25-14)21-4-6-23-12/h7-8H,3-6H2,1-2H3. The van der Waals surface area contributed by atoms with Crippen LogP contribution in [-0.2, 0) is 0 Å². The normalized spacial score (nSPS) is 20.2. The maximum absolute atomic E-state index is 5.83. The molecule has 5 rings (SSSR count). The van der Waals surface area contributed by atoms with Crippen LogP contribution in [0.25, 0.3) is 0 Å². The van der Waals surface area contributed by atoms with E-state index in [1.807, 2.05) is 10.8 Å². The van der Waals surface area contributed by atoms with Gasteiger partial charge in [0.1, 0.15) is 26.4 Å². The number of thiophene rings is 2. The second-order valence-corrected chi connectivity index (χ2v) is 8.19. The van der Waals surface area contributed by atoms with Crippen LogP contribution >= 0.6 is 22.7 Å². The first kappa shape index (κ1) is 15.2. The van der Waals surface area contributed by atoms with Crippen LogP contribution in [0.4, 0.5) is 0 Å². The minimum absolute atomic E-state index is 0.362. The molecule has 3 aliphatic rings. The highest BCUT2D eigenvalue weighted by Crippen LogP contribution is 2.48. The Morgan fingerprint density at radius 1 is 0.760 bits per heavy atom. The Kier molecular flexibility index (Phi) is 3.33. The van der Waals surface area contributed by atoms with Gasteiger partial charge in [0, 0.05) is 10.8 Å². The summed E-state index contributed by atoms with van der Waals surface area (Å²) in [5, 5.41) is 13.0. The van der Waals surface area contributed by atoms with Crippen LogP contribution in [0.2, 0.25) is 0 Å². The predicted molar refractivity (Wildman–Crippen MR) is 97.5 cm³/mol. The van der Waals surface area contributed by atoms with Gasteiger partial charge in [0.2, 0.25) is 0 Å². The zero-order chi connectivity index (χ0) is 17.0. The van der Waals surface area contributed by atoms with Crippen molar-refractivity contribution >= 4 is 34.1 Å². The lowest BCUT2D eigenvalue weighted by atomic mass is 9.81. The van der Waals surface area contributed by atoms with E-state index in [1.165, 1.54) is 0 Å². The molecule has 0 bridgehead atoms. The molecule has 0 fully saturated rings. The SMILES string of the molecule is CC1(C)C(c2scc3c2OCCO3)=NN=C1c1scc2c1OCCO2. The Morgan fingerprint density at radius 3 is 1.68 bits per heavy atom. The van der Waals surface area contributed by atoms with Crippen LogP contribution in [0.5, 0.6) is 23.0 Å². The first-order valence-electron chi connectivity index (χ1n) is 8.08. The van der Waals surface area contributed by atoms with Crippen molar-refractivity contribution in [2.75, 3.05) is 26.4 Å². The molecule has 130 valence electrons. The highest BCUT2D eigenvalue weighted by Gasteiger charge is 2.42. The lowest BCUT2D eigenvalue weighted by molar-refractivity contribution is 0.173. The number of ether oxygens (including phenoxy) is 4. The summed E-state index contributed by atoms with van der Waals surface area (Å²) in [6.07, 6.45) is 0. The third-order valence-electron chi connectivity index (χ3n) is 4.47. The molecule has 0 radical (unpaired) electrons. The highest BCUT2D eigenvalue weighted by atomic mass is 32.1. The Bertz CT molecular complexity index is 838. The lowest BCUT2D eigenvalue weighted by Crippen LogP contribution is -2.31. The summed E-state index contributed by atoms with van der Waals surface area (Å²) >= 11 is 3.17. The molecule has 0 aliphatic carbocycles. The van der Waals surface area contributed by atoms with Gasteiger partial charge in [-0.15, -0.1) is 22.7 Å². The summed E-state index contributed by atoms with van der Waals surface area (Å²) in [6, 6.07) is 0. The van der Waals surface area contributed by atoms with Crippen LogP contribution in [-0.4, -0.2) is 37.9 Å². The van der Waals surface area contributed by atoms with E-state index in [1.54, 1.807) is 22.7 Å². The third kappa shape index (κ3) is 2.20. The molecule has 0 unspecified atom stereocenters. The first-order chi connectivity index (χ1) is 12.2. The van der Waals surface area contributed by atoms with Gasteiger partial charge in [0.15, 0.2) is 23.0 Å². The van der Waals surface area contributed by atoms with Crippen LogP contribution in [0.15, 0.2) is 21.0 Å². The van der Waals surface area contributed by atoms with Gasteiger partial charge in [-0.05, 0) is 13.8 Å². The van der Waals surface area contributed by atoms with Crippen LogP contribution in [0, 0.1) is 5.41 Å². The molecule has 0 atom stereocenters. The summed E-state index contributed by atoms with van der Waals surface area (Å²) in [5.41, 5.74) is 1.44. The molecule has 5 heterocycles. The maximum Gasteiger partial charge on any atom is 0.181 e. The fourth-order valence-electron chi connectivity index (χ4n) is 3.17. The average Bonchev–Trinajstić information content (AvgIpc) is 3.29. The van der Waals surface area contributed by atoms with Crippen molar-refractivity contribution in [1.29, 1.82) is 0 Å². The number of rotatable bonds is 2. The average molecular weight is 376 g/mol. The molecule has 0 saturated carbocycles. The van der Waals surface area contributed by atoms with Gasteiger partial charge in [-0.2, -0.15) is 10.2 Å². The molecule has 0 aromatic carbocycles. The Hall–Kier alpha value is -2.06. The Morgan fingerprint density at radius 2 is 1.20 bits per heavy atom. The third-order valence-corrected chi connectivity index (χ3v) is 6.36. The molecule has 0 saturated heterocycles. The molecular formula is C17H16N2O4S2. The van der Waals surface area contributed by atoms with Crippen molar-refractivity contribution in [1.82, 2.24) is 0 Å². The monoisotopic (exact) mass is 376 g/mol. The number of hydrogen-bond acceptors (Lipinski definition) is 8. The molecular weight excluding hydrogens is 360 g/mol. The van der Waals surface area contributed by atoms with Crippen molar-refractivity contribution in [2.24, 2.45) is 15.6 Å². The second kappa shape index (κ2) is 5.47. The van der Waals surface area contributed by atoms with E-state index in [4.69, 9.17) is 18.9 Å². The molecule has 0 amide bonds. The maximum atomic E-state index is 5.83. The van der Waals surface area contributed by atoms with E-state index < -0.39 is 0 Å². The quantitative estimate of drug-likeness (QED) is 0.804. The topological polar surface area (TPSA) is 61.6 Å². The van der Waals surface area contributed by atoms with Crippen molar-refractivity contribution < 1.29 is 18.9 Å². The molecule has 8 heteroatoms. The molecule has 6 nitrogen and oxygen atoms in total. The first-order valence-corrected chi connectivity index (χ1v) is 9.83. The summed E-state index contributed by atoms with van der Waals surface area (Å²) in [4.78, 5) is 1.97. The Labute approximate surface area is 152 Å². The molecule has 0 N–H and O–H groups in total. The minimum atomic E-state index is -0.362. The zero-order valence-corrected chi connectivity index (χ0v) is 15.5. The van der Waals surface area contributed by atoms with Gasteiger partial charge in [-0.3, -0.25) is 0 Å². The number of fused-ring (bicyclic) bond motifs is 2. The van der Waals surface area contributed by atoms with Crippen molar-refractivity contribution in [2.45, 2.75) is 13.8 Å². The summed E-state index contributed by atoms with van der Waals surface area (Å²) < 4.78 is 23.0. The van der Waals surface area contributed by atoms with Crippen molar-refractivity contribution in [3.63, 3.8) is 0 Å². The molecule has 0 spiro atoms. The van der Waals surface area contributed by atoms with Gasteiger partial charge in [0.25, 0.3) is 0 Å². The van der Waals surface area contributed by atoms with Gasteiger partial charge in [-0.25, -0.2) is 0 Å². The van der Waals surface area contributed by atoms with Crippen LogP contribution in [0.3, 0.4) is 0 Å². The van der Waals surface area contributed by atoms with E-state index >= 15 is 0 Å². The van der Waals surface area contributed by atoms with E-state index in [9.17, 15) is 0 Å². The lowest BCUT2D eigenvalue weighted by Gasteiger charge is -2.24. The van der Waals surface area contributed by atoms with Gasteiger partial charge < -0.3 is 18.9 Å². The predicted octanol–water partition coefficient (Wildman–Crippen LogP) is 3.59. The van der Waals surface area contributed by atoms with Crippen LogP contribution in [0.1, 0.15) is 23.6 Å². The van der Waals surface area contributed by atoms with Gasteiger partial charge >= 0.3 is 0 Å². The van der Waals surface area contributed by atoms with Crippen molar-refractivity contribution in [3.8, 4) is 23.0 Å². The fraction of sp³-hybridized carbons (Fsp3) is 0.412. The fourth-order valence-corrected chi connectivity index (χ4v) is 5.32. The molecule has 2 aromatic heterocycles. The Balaban J connectivity index is 1.53. The van der Waals surface area contributed by atoms with E-state index in [-0.39, 0.29) is 5.41 Å². The molecule has 25 heavy (non-hydrogen) atoms. The minimum Gasteiger partial charge on any atom is -0.485 e. The molecule has 3 aliphatic heterocycles. The molecule has 2 aromatic rings. The van der Waals surface area contributed by atoms with E-state index in [0.717, 1.165) is 44.2 Å². The summed E-state index contributed by atoms with van der Waals surface area (Å²) in [5.74, 6) is 3.16. The second-order valence-electron chi connectivity index (χ2n) is 6.43. The van der Waals surface area contributed by atoms with Crippen molar-refractivity contribution in [3.05, 3.63) is 20.5 Å². The highest BCUT2D eigenvalue weighted by molar-refractivity contribution is 7.14.